The Morgan fingerprint density at radius 1 is 1.20 bits per heavy atom. The monoisotopic (exact) mass is 458 g/mol. The third-order valence-corrected chi connectivity index (χ3v) is 3.67. The first kappa shape index (κ1) is 21.3. The number of oxazole rings is 1. The molecule has 2 N–H and O–H groups in total. The number of aromatic nitrogens is 1. The van der Waals surface area contributed by atoms with Crippen molar-refractivity contribution in [1.29, 1.82) is 0 Å². The third kappa shape index (κ3) is 6.93. The normalized spacial score (nSPS) is 11.0. The van der Waals surface area contributed by atoms with Crippen LogP contribution in [-0.4, -0.2) is 31.1 Å². The fourth-order valence-electron chi connectivity index (χ4n) is 2.17. The van der Waals surface area contributed by atoms with Crippen molar-refractivity contribution >= 4 is 29.9 Å². The predicted octanol–water partition coefficient (Wildman–Crippen LogP) is 3.35. The van der Waals surface area contributed by atoms with Gasteiger partial charge in [0.15, 0.2) is 5.96 Å². The van der Waals surface area contributed by atoms with Gasteiger partial charge in [-0.05, 0) is 38.8 Å². The zero-order valence-corrected chi connectivity index (χ0v) is 17.6. The molecule has 0 aliphatic rings. The molecule has 138 valence electrons. The molecule has 25 heavy (non-hydrogen) atoms. The van der Waals surface area contributed by atoms with Gasteiger partial charge in [0.05, 0.1) is 18.8 Å². The number of halogens is 1. The van der Waals surface area contributed by atoms with Gasteiger partial charge in [-0.2, -0.15) is 0 Å². The lowest BCUT2D eigenvalue weighted by Gasteiger charge is -2.12. The van der Waals surface area contributed by atoms with Gasteiger partial charge in [-0.3, -0.25) is 4.99 Å². The molecule has 0 bridgehead atoms. The summed E-state index contributed by atoms with van der Waals surface area (Å²) >= 11 is 0. The molecule has 0 atom stereocenters. The molecule has 0 aliphatic carbocycles. The van der Waals surface area contributed by atoms with Crippen molar-refractivity contribution in [2.75, 3.05) is 20.2 Å². The van der Waals surface area contributed by atoms with Crippen LogP contribution in [0.4, 0.5) is 0 Å². The van der Waals surface area contributed by atoms with Crippen molar-refractivity contribution in [2.24, 2.45) is 4.99 Å². The van der Waals surface area contributed by atoms with Crippen LogP contribution in [0.3, 0.4) is 0 Å². The highest BCUT2D eigenvalue weighted by molar-refractivity contribution is 14.0. The first-order valence-corrected chi connectivity index (χ1v) is 8.16. The first-order chi connectivity index (χ1) is 11.6. The summed E-state index contributed by atoms with van der Waals surface area (Å²) < 4.78 is 11.3. The molecule has 2 aromatic rings. The Hall–Kier alpha value is -1.77. The molecule has 1 aromatic carbocycles. The highest BCUT2D eigenvalue weighted by Crippen LogP contribution is 2.15. The average Bonchev–Trinajstić information content (AvgIpc) is 2.90. The minimum absolute atomic E-state index is 0. The Balaban J connectivity index is 0.00000312. The zero-order valence-electron chi connectivity index (χ0n) is 15.3. The highest BCUT2D eigenvalue weighted by Gasteiger charge is 2.06. The second-order valence-corrected chi connectivity index (χ2v) is 5.57. The van der Waals surface area contributed by atoms with Crippen molar-refractivity contribution in [3.8, 4) is 5.75 Å². The van der Waals surface area contributed by atoms with Gasteiger partial charge in [-0.25, -0.2) is 4.98 Å². The van der Waals surface area contributed by atoms with Crippen molar-refractivity contribution in [1.82, 2.24) is 15.6 Å². The van der Waals surface area contributed by atoms with Crippen molar-refractivity contribution in [3.63, 3.8) is 0 Å². The topological polar surface area (TPSA) is 71.7 Å². The number of nitrogens with zero attached hydrogens (tertiary/aromatic N) is 2. The quantitative estimate of drug-likeness (QED) is 0.288. The number of para-hydroxylation sites is 1. The smallest absolute Gasteiger partial charge is 0.214 e. The summed E-state index contributed by atoms with van der Waals surface area (Å²) in [4.78, 5) is 8.52. The molecule has 0 saturated carbocycles. The summed E-state index contributed by atoms with van der Waals surface area (Å²) in [7, 11) is 1.74. The Morgan fingerprint density at radius 2 is 1.96 bits per heavy atom. The van der Waals surface area contributed by atoms with E-state index in [4.69, 9.17) is 9.15 Å². The van der Waals surface area contributed by atoms with Gasteiger partial charge < -0.3 is 19.8 Å². The van der Waals surface area contributed by atoms with E-state index in [-0.39, 0.29) is 24.0 Å². The predicted molar refractivity (Wildman–Crippen MR) is 111 cm³/mol. The lowest BCUT2D eigenvalue weighted by atomic mass is 10.2. The SMILES string of the molecule is CN=C(NCCCOc1ccccc1C)NCc1nc(C)c(C)o1.I. The zero-order chi connectivity index (χ0) is 17.4. The van der Waals surface area contributed by atoms with E-state index in [1.807, 2.05) is 45.0 Å². The second kappa shape index (κ2) is 11.0. The maximum Gasteiger partial charge on any atom is 0.214 e. The molecule has 6 nitrogen and oxygen atoms in total. The lowest BCUT2D eigenvalue weighted by Crippen LogP contribution is -2.37. The van der Waals surface area contributed by atoms with E-state index in [2.05, 4.69) is 20.6 Å². The van der Waals surface area contributed by atoms with Gasteiger partial charge >= 0.3 is 0 Å². The number of hydrogen-bond acceptors (Lipinski definition) is 4. The summed E-state index contributed by atoms with van der Waals surface area (Å²) in [6, 6.07) is 8.03. The van der Waals surface area contributed by atoms with Crippen LogP contribution in [-0.2, 0) is 6.54 Å². The van der Waals surface area contributed by atoms with Crippen LogP contribution < -0.4 is 15.4 Å². The minimum Gasteiger partial charge on any atom is -0.493 e. The number of aryl methyl sites for hydroxylation is 3. The molecule has 2 rings (SSSR count). The number of benzene rings is 1. The molecule has 0 saturated heterocycles. The summed E-state index contributed by atoms with van der Waals surface area (Å²) in [6.07, 6.45) is 0.881. The van der Waals surface area contributed by atoms with Crippen LogP contribution in [0.15, 0.2) is 33.7 Å². The fraction of sp³-hybridized carbons (Fsp3) is 0.444. The van der Waals surface area contributed by atoms with Gasteiger partial charge in [0.25, 0.3) is 0 Å². The number of rotatable bonds is 7. The summed E-state index contributed by atoms with van der Waals surface area (Å²) in [5.41, 5.74) is 2.07. The van der Waals surface area contributed by atoms with E-state index in [1.54, 1.807) is 7.05 Å². The maximum absolute atomic E-state index is 5.77. The number of ether oxygens (including phenoxy) is 1. The van der Waals surface area contributed by atoms with Crippen LogP contribution in [0.1, 0.15) is 29.3 Å². The summed E-state index contributed by atoms with van der Waals surface area (Å²) in [5, 5.41) is 6.44. The van der Waals surface area contributed by atoms with Crippen molar-refractivity contribution < 1.29 is 9.15 Å². The van der Waals surface area contributed by atoms with Crippen LogP contribution in [0.5, 0.6) is 5.75 Å². The van der Waals surface area contributed by atoms with Crippen molar-refractivity contribution in [2.45, 2.75) is 33.7 Å². The number of nitrogens with one attached hydrogen (secondary N) is 2. The molecule has 0 fully saturated rings. The molecule has 0 radical (unpaired) electrons. The lowest BCUT2D eigenvalue weighted by molar-refractivity contribution is 0.309. The second-order valence-electron chi connectivity index (χ2n) is 5.57. The average molecular weight is 458 g/mol. The van der Waals surface area contributed by atoms with E-state index < -0.39 is 0 Å². The van der Waals surface area contributed by atoms with Crippen LogP contribution in [0.2, 0.25) is 0 Å². The van der Waals surface area contributed by atoms with Gasteiger partial charge in [0, 0.05) is 13.6 Å². The highest BCUT2D eigenvalue weighted by atomic mass is 127. The maximum atomic E-state index is 5.77. The largest absolute Gasteiger partial charge is 0.493 e. The molecule has 0 unspecified atom stereocenters. The molecule has 0 spiro atoms. The van der Waals surface area contributed by atoms with Crippen molar-refractivity contribution in [3.05, 3.63) is 47.2 Å². The summed E-state index contributed by atoms with van der Waals surface area (Å²) in [6.45, 7) is 7.83. The van der Waals surface area contributed by atoms with Gasteiger partial charge in [-0.15, -0.1) is 24.0 Å². The first-order valence-electron chi connectivity index (χ1n) is 8.16. The van der Waals surface area contributed by atoms with Gasteiger partial charge in [0.1, 0.15) is 11.5 Å². The molecular formula is C18H27IN4O2. The molecule has 0 aliphatic heterocycles. The fourth-order valence-corrected chi connectivity index (χ4v) is 2.17. The van der Waals surface area contributed by atoms with E-state index in [0.29, 0.717) is 19.0 Å². The molecule has 7 heteroatoms. The Labute approximate surface area is 166 Å². The molecule has 1 heterocycles. The van der Waals surface area contributed by atoms with Gasteiger partial charge in [-0.1, -0.05) is 18.2 Å². The van der Waals surface area contributed by atoms with Crippen LogP contribution in [0.25, 0.3) is 0 Å². The van der Waals surface area contributed by atoms with Gasteiger partial charge in [0.2, 0.25) is 5.89 Å². The third-order valence-electron chi connectivity index (χ3n) is 3.67. The number of guanidine groups is 1. The summed E-state index contributed by atoms with van der Waals surface area (Å²) in [5.74, 6) is 3.17. The number of aliphatic imine (C=N–C) groups is 1. The Kier molecular flexibility index (Phi) is 9.33. The molecule has 0 amide bonds. The van der Waals surface area contributed by atoms with Crippen LogP contribution >= 0.6 is 24.0 Å². The minimum atomic E-state index is 0. The molecule has 1 aromatic heterocycles. The van der Waals surface area contributed by atoms with E-state index in [1.165, 1.54) is 0 Å². The van der Waals surface area contributed by atoms with Crippen LogP contribution in [0, 0.1) is 20.8 Å². The Morgan fingerprint density at radius 3 is 2.60 bits per heavy atom. The van der Waals surface area contributed by atoms with E-state index in [0.717, 1.165) is 41.7 Å². The van der Waals surface area contributed by atoms with E-state index >= 15 is 0 Å². The molecular weight excluding hydrogens is 431 g/mol. The van der Waals surface area contributed by atoms with E-state index in [9.17, 15) is 0 Å². The Bertz CT molecular complexity index is 666. The standard InChI is InChI=1S/C18H26N4O2.HI/c1-13-8-5-6-9-16(13)23-11-7-10-20-18(19-4)21-12-17-22-14(2)15(3)24-17;/h5-6,8-9H,7,10-12H2,1-4H3,(H2,19,20,21);1H. The number of hydrogen-bond donors (Lipinski definition) is 2.